The highest BCUT2D eigenvalue weighted by molar-refractivity contribution is 5.59. The van der Waals surface area contributed by atoms with E-state index >= 15 is 0 Å². The molecule has 1 aliphatic carbocycles. The molecule has 0 amide bonds. The first-order chi connectivity index (χ1) is 11.4. The van der Waals surface area contributed by atoms with Crippen LogP contribution in [0.4, 0.5) is 5.69 Å². The van der Waals surface area contributed by atoms with Gasteiger partial charge in [-0.15, -0.1) is 0 Å². The number of ether oxygens (including phenoxy) is 1. The van der Waals surface area contributed by atoms with Crippen LogP contribution in [-0.4, -0.2) is 19.3 Å². The number of rotatable bonds is 1. The van der Waals surface area contributed by atoms with Gasteiger partial charge in [-0.3, -0.25) is 0 Å². The van der Waals surface area contributed by atoms with Gasteiger partial charge in [-0.1, -0.05) is 12.8 Å². The van der Waals surface area contributed by atoms with Crippen molar-refractivity contribution in [2.75, 3.05) is 18.5 Å². The lowest BCUT2D eigenvalue weighted by Crippen LogP contribution is -2.43. The third kappa shape index (κ3) is 2.85. The predicted octanol–water partition coefficient (Wildman–Crippen LogP) is 4.44. The number of benzene rings is 1. The number of nitriles is 1. The molecule has 2 aliphatic heterocycles. The Morgan fingerprint density at radius 2 is 1.91 bits per heavy atom. The van der Waals surface area contributed by atoms with Gasteiger partial charge >= 0.3 is 0 Å². The summed E-state index contributed by atoms with van der Waals surface area (Å²) >= 11 is 0. The highest BCUT2D eigenvalue weighted by Gasteiger charge is 2.40. The SMILES string of the molecule is N#Cc1ccc2c(c1)[C@H]1CCOCCC[C@H]1[C@@H](C1CCCC1)N2. The minimum absolute atomic E-state index is 0.547. The second-order valence-electron chi connectivity index (χ2n) is 7.44. The largest absolute Gasteiger partial charge is 0.381 e. The van der Waals surface area contributed by atoms with Gasteiger partial charge in [0.1, 0.15) is 0 Å². The molecule has 0 aromatic heterocycles. The molecule has 1 saturated heterocycles. The van der Waals surface area contributed by atoms with Crippen LogP contribution in [0.25, 0.3) is 0 Å². The van der Waals surface area contributed by atoms with Gasteiger partial charge in [-0.2, -0.15) is 5.26 Å². The van der Waals surface area contributed by atoms with E-state index < -0.39 is 0 Å². The van der Waals surface area contributed by atoms with Crippen LogP contribution < -0.4 is 5.32 Å². The molecule has 0 spiro atoms. The van der Waals surface area contributed by atoms with Crippen LogP contribution >= 0.6 is 0 Å². The van der Waals surface area contributed by atoms with Crippen LogP contribution in [0.15, 0.2) is 18.2 Å². The van der Waals surface area contributed by atoms with E-state index in [4.69, 9.17) is 4.74 Å². The molecule has 2 heterocycles. The second-order valence-corrected chi connectivity index (χ2v) is 7.44. The van der Waals surface area contributed by atoms with E-state index in [1.807, 2.05) is 6.07 Å². The van der Waals surface area contributed by atoms with Gasteiger partial charge in [0.15, 0.2) is 0 Å². The third-order valence-electron chi connectivity index (χ3n) is 6.19. The summed E-state index contributed by atoms with van der Waals surface area (Å²) in [5, 5.41) is 13.2. The van der Waals surface area contributed by atoms with E-state index in [0.717, 1.165) is 31.1 Å². The molecule has 1 aromatic rings. The third-order valence-corrected chi connectivity index (χ3v) is 6.19. The smallest absolute Gasteiger partial charge is 0.0991 e. The zero-order valence-corrected chi connectivity index (χ0v) is 13.8. The Morgan fingerprint density at radius 1 is 1.04 bits per heavy atom. The Labute approximate surface area is 139 Å². The van der Waals surface area contributed by atoms with Crippen molar-refractivity contribution in [2.45, 2.75) is 56.9 Å². The van der Waals surface area contributed by atoms with Crippen molar-refractivity contribution in [3.8, 4) is 6.07 Å². The fourth-order valence-electron chi connectivity index (χ4n) is 5.11. The first-order valence-corrected chi connectivity index (χ1v) is 9.25. The van der Waals surface area contributed by atoms with Crippen molar-refractivity contribution >= 4 is 5.69 Å². The van der Waals surface area contributed by atoms with Gasteiger partial charge < -0.3 is 10.1 Å². The molecule has 1 saturated carbocycles. The van der Waals surface area contributed by atoms with Crippen LogP contribution in [-0.2, 0) is 4.74 Å². The zero-order valence-electron chi connectivity index (χ0n) is 13.8. The van der Waals surface area contributed by atoms with Crippen molar-refractivity contribution < 1.29 is 4.74 Å². The number of nitrogens with zero attached hydrogens (tertiary/aromatic N) is 1. The maximum absolute atomic E-state index is 9.27. The topological polar surface area (TPSA) is 45.0 Å². The molecule has 0 radical (unpaired) electrons. The van der Waals surface area contributed by atoms with Gasteiger partial charge in [-0.05, 0) is 73.6 Å². The average Bonchev–Trinajstić information content (AvgIpc) is 3.08. The zero-order chi connectivity index (χ0) is 15.6. The Kier molecular flexibility index (Phi) is 4.27. The van der Waals surface area contributed by atoms with Crippen molar-refractivity contribution in [2.24, 2.45) is 11.8 Å². The fraction of sp³-hybridized carbons (Fsp3) is 0.650. The van der Waals surface area contributed by atoms with Gasteiger partial charge in [0.2, 0.25) is 0 Å². The average molecular weight is 310 g/mol. The number of hydrogen-bond acceptors (Lipinski definition) is 3. The van der Waals surface area contributed by atoms with Crippen molar-refractivity contribution in [1.82, 2.24) is 0 Å². The minimum Gasteiger partial charge on any atom is -0.381 e. The molecule has 0 unspecified atom stereocenters. The monoisotopic (exact) mass is 310 g/mol. The lowest BCUT2D eigenvalue weighted by Gasteiger charge is -2.44. The number of anilines is 1. The summed E-state index contributed by atoms with van der Waals surface area (Å²) in [7, 11) is 0. The van der Waals surface area contributed by atoms with Gasteiger partial charge in [0.05, 0.1) is 11.6 Å². The van der Waals surface area contributed by atoms with E-state index in [1.54, 1.807) is 0 Å². The molecule has 23 heavy (non-hydrogen) atoms. The first kappa shape index (κ1) is 15.0. The van der Waals surface area contributed by atoms with Gasteiger partial charge in [-0.25, -0.2) is 0 Å². The van der Waals surface area contributed by atoms with Crippen molar-refractivity contribution in [1.29, 1.82) is 5.26 Å². The second kappa shape index (κ2) is 6.53. The van der Waals surface area contributed by atoms with E-state index in [2.05, 4.69) is 23.5 Å². The maximum atomic E-state index is 9.27. The molecular formula is C20H26N2O. The minimum atomic E-state index is 0.547. The normalized spacial score (nSPS) is 31.2. The Bertz CT molecular complexity index is 600. The first-order valence-electron chi connectivity index (χ1n) is 9.25. The highest BCUT2D eigenvalue weighted by atomic mass is 16.5. The van der Waals surface area contributed by atoms with Crippen LogP contribution in [0, 0.1) is 23.2 Å². The number of fused-ring (bicyclic) bond motifs is 3. The summed E-state index contributed by atoms with van der Waals surface area (Å²) in [4.78, 5) is 0. The van der Waals surface area contributed by atoms with Crippen LogP contribution in [0.1, 0.15) is 62.0 Å². The molecule has 1 N–H and O–H groups in total. The number of hydrogen-bond donors (Lipinski definition) is 1. The summed E-state index contributed by atoms with van der Waals surface area (Å²) in [6, 6.07) is 9.12. The number of nitrogens with one attached hydrogen (secondary N) is 1. The molecule has 3 nitrogen and oxygen atoms in total. The van der Waals surface area contributed by atoms with E-state index in [-0.39, 0.29) is 0 Å². The molecule has 122 valence electrons. The van der Waals surface area contributed by atoms with Crippen LogP contribution in [0.5, 0.6) is 0 Å². The van der Waals surface area contributed by atoms with Crippen LogP contribution in [0.2, 0.25) is 0 Å². The molecule has 3 aliphatic rings. The van der Waals surface area contributed by atoms with E-state index in [0.29, 0.717) is 17.9 Å². The highest BCUT2D eigenvalue weighted by Crippen LogP contribution is 2.47. The fourth-order valence-corrected chi connectivity index (χ4v) is 5.11. The lowest BCUT2D eigenvalue weighted by atomic mass is 9.69. The van der Waals surface area contributed by atoms with Crippen molar-refractivity contribution in [3.63, 3.8) is 0 Å². The molecule has 2 fully saturated rings. The molecule has 4 rings (SSSR count). The summed E-state index contributed by atoms with van der Waals surface area (Å²) in [6.45, 7) is 1.76. The van der Waals surface area contributed by atoms with Crippen molar-refractivity contribution in [3.05, 3.63) is 29.3 Å². The maximum Gasteiger partial charge on any atom is 0.0991 e. The molecule has 3 heteroatoms. The van der Waals surface area contributed by atoms with E-state index in [9.17, 15) is 5.26 Å². The Balaban J connectivity index is 1.72. The Morgan fingerprint density at radius 3 is 2.74 bits per heavy atom. The Hall–Kier alpha value is -1.53. The van der Waals surface area contributed by atoms with E-state index in [1.165, 1.54) is 49.8 Å². The van der Waals surface area contributed by atoms with Gasteiger partial charge in [0, 0.05) is 24.9 Å². The summed E-state index contributed by atoms with van der Waals surface area (Å²) in [5.41, 5.74) is 3.41. The predicted molar refractivity (Wildman–Crippen MR) is 91.4 cm³/mol. The summed E-state index contributed by atoms with van der Waals surface area (Å²) in [6.07, 6.45) is 9.05. The molecule has 1 aromatic carbocycles. The summed E-state index contributed by atoms with van der Waals surface area (Å²) in [5.74, 6) is 2.07. The standard InChI is InChI=1S/C20H26N2O/c21-13-14-7-8-19-18(12-14)16-9-11-23-10-3-6-17(16)20(22-19)15-4-1-2-5-15/h7-8,12,15-17,20,22H,1-6,9-11H2/t16-,17+,20+/m0/s1. The van der Waals surface area contributed by atoms with Crippen LogP contribution in [0.3, 0.4) is 0 Å². The van der Waals surface area contributed by atoms with Gasteiger partial charge in [0.25, 0.3) is 0 Å². The molecule has 0 bridgehead atoms. The molecular weight excluding hydrogens is 284 g/mol. The quantitative estimate of drug-likeness (QED) is 0.834. The lowest BCUT2D eigenvalue weighted by molar-refractivity contribution is 0.0860. The summed E-state index contributed by atoms with van der Waals surface area (Å²) < 4.78 is 5.77. The molecule has 3 atom stereocenters.